The first-order chi connectivity index (χ1) is 9.78. The minimum absolute atomic E-state index is 0.270. The third-order valence-electron chi connectivity index (χ3n) is 3.05. The van der Waals surface area contributed by atoms with Crippen molar-refractivity contribution in [3.8, 4) is 17.5 Å². The van der Waals surface area contributed by atoms with Crippen molar-refractivity contribution < 1.29 is 4.42 Å². The zero-order valence-electron chi connectivity index (χ0n) is 10.9. The van der Waals surface area contributed by atoms with Gasteiger partial charge in [0.2, 0.25) is 0 Å². The summed E-state index contributed by atoms with van der Waals surface area (Å²) in [7, 11) is 0. The van der Waals surface area contributed by atoms with Gasteiger partial charge in [-0.2, -0.15) is 5.26 Å². The summed E-state index contributed by atoms with van der Waals surface area (Å²) in [5.74, 6) is 0.596. The Hall–Kier alpha value is -2.87. The van der Waals surface area contributed by atoms with Gasteiger partial charge in [-0.15, -0.1) is 5.10 Å². The van der Waals surface area contributed by atoms with E-state index in [0.717, 1.165) is 5.56 Å². The molecule has 0 saturated heterocycles. The SMILES string of the molecule is Cc1ccc(Cn2nnc(C#N)c2-c2ccco2)cc1. The highest BCUT2D eigenvalue weighted by Crippen LogP contribution is 2.23. The van der Waals surface area contributed by atoms with E-state index in [0.29, 0.717) is 18.0 Å². The fourth-order valence-corrected chi connectivity index (χ4v) is 2.02. The maximum Gasteiger partial charge on any atom is 0.193 e. The van der Waals surface area contributed by atoms with Crippen molar-refractivity contribution in [2.24, 2.45) is 0 Å². The van der Waals surface area contributed by atoms with Crippen molar-refractivity contribution in [2.75, 3.05) is 0 Å². The van der Waals surface area contributed by atoms with Crippen molar-refractivity contribution in [2.45, 2.75) is 13.5 Å². The maximum atomic E-state index is 9.13. The van der Waals surface area contributed by atoms with E-state index in [-0.39, 0.29) is 5.69 Å². The first-order valence-corrected chi connectivity index (χ1v) is 6.21. The van der Waals surface area contributed by atoms with Crippen molar-refractivity contribution in [1.82, 2.24) is 15.0 Å². The van der Waals surface area contributed by atoms with Crippen LogP contribution in [0.5, 0.6) is 0 Å². The number of hydrogen-bond donors (Lipinski definition) is 0. The van der Waals surface area contributed by atoms with E-state index in [1.54, 1.807) is 23.1 Å². The van der Waals surface area contributed by atoms with Crippen LogP contribution in [0.3, 0.4) is 0 Å². The highest BCUT2D eigenvalue weighted by molar-refractivity contribution is 5.59. The van der Waals surface area contributed by atoms with Gasteiger partial charge in [-0.05, 0) is 24.6 Å². The second kappa shape index (κ2) is 5.02. The highest BCUT2D eigenvalue weighted by atomic mass is 16.3. The molecule has 0 bridgehead atoms. The van der Waals surface area contributed by atoms with Crippen LogP contribution >= 0.6 is 0 Å². The Morgan fingerprint density at radius 1 is 1.25 bits per heavy atom. The molecule has 0 atom stereocenters. The third kappa shape index (κ3) is 2.19. The summed E-state index contributed by atoms with van der Waals surface area (Å²) in [5, 5.41) is 17.1. The third-order valence-corrected chi connectivity index (χ3v) is 3.05. The predicted molar refractivity (Wildman–Crippen MR) is 72.7 cm³/mol. The number of hydrogen-bond acceptors (Lipinski definition) is 4. The number of benzene rings is 1. The normalized spacial score (nSPS) is 10.4. The monoisotopic (exact) mass is 264 g/mol. The molecule has 0 saturated carbocycles. The molecule has 2 heterocycles. The zero-order chi connectivity index (χ0) is 13.9. The van der Waals surface area contributed by atoms with Crippen molar-refractivity contribution in [3.63, 3.8) is 0 Å². The zero-order valence-corrected chi connectivity index (χ0v) is 10.9. The van der Waals surface area contributed by atoms with Gasteiger partial charge < -0.3 is 4.42 Å². The van der Waals surface area contributed by atoms with Gasteiger partial charge in [-0.3, -0.25) is 0 Å². The molecule has 0 aliphatic rings. The summed E-state index contributed by atoms with van der Waals surface area (Å²) in [4.78, 5) is 0. The molecule has 5 heteroatoms. The standard InChI is InChI=1S/C15H12N4O/c1-11-4-6-12(7-5-11)10-19-15(13(9-16)17-18-19)14-3-2-8-20-14/h2-8H,10H2,1H3. The van der Waals surface area contributed by atoms with Gasteiger partial charge in [-0.1, -0.05) is 35.0 Å². The lowest BCUT2D eigenvalue weighted by Crippen LogP contribution is -2.04. The molecule has 0 unspecified atom stereocenters. The van der Waals surface area contributed by atoms with Gasteiger partial charge in [0.25, 0.3) is 0 Å². The van der Waals surface area contributed by atoms with E-state index in [1.165, 1.54) is 5.56 Å². The minimum Gasteiger partial charge on any atom is -0.463 e. The van der Waals surface area contributed by atoms with Crippen LogP contribution in [-0.4, -0.2) is 15.0 Å². The fourth-order valence-electron chi connectivity index (χ4n) is 2.02. The topological polar surface area (TPSA) is 67.6 Å². The first-order valence-electron chi connectivity index (χ1n) is 6.21. The van der Waals surface area contributed by atoms with Crippen LogP contribution in [0.25, 0.3) is 11.5 Å². The van der Waals surface area contributed by atoms with Crippen LogP contribution in [0, 0.1) is 18.3 Å². The lowest BCUT2D eigenvalue weighted by atomic mass is 10.1. The molecular weight excluding hydrogens is 252 g/mol. The number of aryl methyl sites for hydroxylation is 1. The summed E-state index contributed by atoms with van der Waals surface area (Å²) in [6.07, 6.45) is 1.57. The molecule has 1 aromatic carbocycles. The quantitative estimate of drug-likeness (QED) is 0.729. The van der Waals surface area contributed by atoms with Crippen molar-refractivity contribution in [1.29, 1.82) is 5.26 Å². The molecule has 0 N–H and O–H groups in total. The average molecular weight is 264 g/mol. The fraction of sp³-hybridized carbons (Fsp3) is 0.133. The van der Waals surface area contributed by atoms with Crippen LogP contribution < -0.4 is 0 Å². The Bertz CT molecular complexity index is 748. The van der Waals surface area contributed by atoms with Gasteiger partial charge in [0, 0.05) is 0 Å². The molecular formula is C15H12N4O. The van der Waals surface area contributed by atoms with Crippen LogP contribution in [0.2, 0.25) is 0 Å². The molecule has 0 aliphatic heterocycles. The summed E-state index contributed by atoms with van der Waals surface area (Å²) < 4.78 is 7.05. The van der Waals surface area contributed by atoms with Crippen LogP contribution in [0.4, 0.5) is 0 Å². The largest absolute Gasteiger partial charge is 0.463 e. The van der Waals surface area contributed by atoms with E-state index in [1.807, 2.05) is 37.3 Å². The Balaban J connectivity index is 2.00. The second-order valence-electron chi connectivity index (χ2n) is 4.52. The van der Waals surface area contributed by atoms with E-state index >= 15 is 0 Å². The van der Waals surface area contributed by atoms with E-state index in [4.69, 9.17) is 9.68 Å². The molecule has 5 nitrogen and oxygen atoms in total. The molecule has 0 spiro atoms. The van der Waals surface area contributed by atoms with E-state index in [9.17, 15) is 0 Å². The molecule has 3 rings (SSSR count). The molecule has 0 radical (unpaired) electrons. The predicted octanol–water partition coefficient (Wildman–Crippen LogP) is 2.77. The molecule has 0 fully saturated rings. The summed E-state index contributed by atoms with van der Waals surface area (Å²) in [6, 6.07) is 13.8. The Kier molecular flexibility index (Phi) is 3.05. The Morgan fingerprint density at radius 2 is 2.05 bits per heavy atom. The van der Waals surface area contributed by atoms with Crippen LogP contribution in [0.1, 0.15) is 16.8 Å². The molecule has 3 aromatic rings. The van der Waals surface area contributed by atoms with Gasteiger partial charge in [0.15, 0.2) is 11.5 Å². The summed E-state index contributed by atoms with van der Waals surface area (Å²) in [6.45, 7) is 2.59. The number of aromatic nitrogens is 3. The highest BCUT2D eigenvalue weighted by Gasteiger charge is 2.17. The minimum atomic E-state index is 0.270. The Morgan fingerprint density at radius 3 is 2.70 bits per heavy atom. The number of nitrogens with zero attached hydrogens (tertiary/aromatic N) is 4. The number of rotatable bonds is 3. The Labute approximate surface area is 116 Å². The van der Waals surface area contributed by atoms with Crippen LogP contribution in [0.15, 0.2) is 47.1 Å². The van der Waals surface area contributed by atoms with Gasteiger partial charge in [0.05, 0.1) is 12.8 Å². The number of furan rings is 1. The molecule has 98 valence electrons. The molecule has 2 aromatic heterocycles. The van der Waals surface area contributed by atoms with Gasteiger partial charge >= 0.3 is 0 Å². The van der Waals surface area contributed by atoms with E-state index < -0.39 is 0 Å². The second-order valence-corrected chi connectivity index (χ2v) is 4.52. The molecule has 0 amide bonds. The maximum absolute atomic E-state index is 9.13. The lowest BCUT2D eigenvalue weighted by Gasteiger charge is -2.05. The van der Waals surface area contributed by atoms with Crippen molar-refractivity contribution in [3.05, 3.63) is 59.5 Å². The van der Waals surface area contributed by atoms with Crippen LogP contribution in [-0.2, 0) is 6.54 Å². The average Bonchev–Trinajstić information content (AvgIpc) is 3.10. The first kappa shape index (κ1) is 12.2. The van der Waals surface area contributed by atoms with Gasteiger partial charge in [0.1, 0.15) is 11.8 Å². The molecule has 0 aliphatic carbocycles. The summed E-state index contributed by atoms with van der Waals surface area (Å²) >= 11 is 0. The number of nitriles is 1. The summed E-state index contributed by atoms with van der Waals surface area (Å²) in [5.41, 5.74) is 3.18. The molecule has 20 heavy (non-hydrogen) atoms. The van der Waals surface area contributed by atoms with E-state index in [2.05, 4.69) is 10.3 Å². The smallest absolute Gasteiger partial charge is 0.193 e. The lowest BCUT2D eigenvalue weighted by molar-refractivity contribution is 0.566. The van der Waals surface area contributed by atoms with Gasteiger partial charge in [-0.25, -0.2) is 4.68 Å². The van der Waals surface area contributed by atoms with Crippen molar-refractivity contribution >= 4 is 0 Å².